The van der Waals surface area contributed by atoms with Gasteiger partial charge < -0.3 is 15.1 Å². The van der Waals surface area contributed by atoms with Crippen LogP contribution in [0.4, 0.5) is 30.8 Å². The van der Waals surface area contributed by atoms with E-state index in [2.05, 4.69) is 15.4 Å². The third-order valence-corrected chi connectivity index (χ3v) is 8.60. The van der Waals surface area contributed by atoms with Crippen LogP contribution in [0, 0.1) is 6.92 Å². The van der Waals surface area contributed by atoms with Crippen molar-refractivity contribution < 1.29 is 24.2 Å². The number of amides is 1. The van der Waals surface area contributed by atoms with Crippen molar-refractivity contribution in [1.29, 1.82) is 0 Å². The fourth-order valence-corrected chi connectivity index (χ4v) is 5.77. The Labute approximate surface area is 244 Å². The van der Waals surface area contributed by atoms with Crippen molar-refractivity contribution in [3.63, 3.8) is 0 Å². The highest BCUT2D eigenvalue weighted by Crippen LogP contribution is 3.02. The van der Waals surface area contributed by atoms with E-state index in [0.29, 0.717) is 43.6 Å². The van der Waals surface area contributed by atoms with Gasteiger partial charge in [0.2, 0.25) is 0 Å². The molecule has 0 atom stereocenters. The number of likely N-dealkylation sites (N-methyl/N-ethyl adjacent to an activating group) is 1. The molecule has 14 heteroatoms. The highest BCUT2D eigenvalue weighted by atomic mass is 32.5. The van der Waals surface area contributed by atoms with Gasteiger partial charge in [-0.1, -0.05) is 25.5 Å². The van der Waals surface area contributed by atoms with E-state index < -0.39 is 26.6 Å². The molecule has 0 bridgehead atoms. The molecule has 0 spiro atoms. The molecule has 0 aliphatic carbocycles. The number of aryl methyl sites for hydroxylation is 1. The average Bonchev–Trinajstić information content (AvgIpc) is 3.55. The number of nitrogens with zero attached hydrogens (tertiary/aromatic N) is 6. The molecule has 8 nitrogen and oxygen atoms in total. The fourth-order valence-electron chi connectivity index (χ4n) is 5.07. The predicted octanol–water partition coefficient (Wildman–Crippen LogP) is 7.16. The van der Waals surface area contributed by atoms with Gasteiger partial charge in [-0.3, -0.25) is 14.3 Å². The maximum absolute atomic E-state index is 13.9. The Morgan fingerprint density at radius 2 is 1.70 bits per heavy atom. The van der Waals surface area contributed by atoms with Crippen molar-refractivity contribution in [2.75, 3.05) is 43.4 Å². The highest BCUT2D eigenvalue weighted by Gasteiger charge is 2.65. The number of piperazine rings is 1. The molecular weight excluding hydrogens is 589 g/mol. The van der Waals surface area contributed by atoms with E-state index in [1.165, 1.54) is 6.07 Å². The minimum Gasteiger partial charge on any atom is -0.369 e. The number of carbonyl (C=O) groups excluding carboxylic acids is 1. The van der Waals surface area contributed by atoms with E-state index in [1.54, 1.807) is 52.4 Å². The molecule has 1 N–H and O–H groups in total. The molecule has 1 saturated heterocycles. The van der Waals surface area contributed by atoms with Crippen LogP contribution < -0.4 is 10.2 Å². The fraction of sp³-hybridized carbons (Fsp3) is 0.207. The summed E-state index contributed by atoms with van der Waals surface area (Å²) in [5, 5.41) is 7.19. The molecule has 0 saturated carbocycles. The molecular formula is C29H28F5N7OS. The van der Waals surface area contributed by atoms with Crippen LogP contribution in [0.2, 0.25) is 0 Å². The summed E-state index contributed by atoms with van der Waals surface area (Å²) in [6.07, 6.45) is 6.94. The van der Waals surface area contributed by atoms with Gasteiger partial charge in [-0.05, 0) is 62.0 Å². The van der Waals surface area contributed by atoms with Gasteiger partial charge in [-0.2, -0.15) is 5.10 Å². The van der Waals surface area contributed by atoms with Crippen molar-refractivity contribution in [3.8, 4) is 16.9 Å². The summed E-state index contributed by atoms with van der Waals surface area (Å²) in [6, 6.07) is 12.5. The Bertz CT molecular complexity index is 1850. The SMILES string of the molecule is Cc1ccc(NC(=O)c2cc(N3CCN(C)CC3)cc(S(F)(F)(F)(F)F)c2)cc1-n1ccn2nc(-c3cccnc3)cc12. The number of hydrogen-bond donors (Lipinski definition) is 1. The van der Waals surface area contributed by atoms with Gasteiger partial charge in [0.05, 0.1) is 11.4 Å². The highest BCUT2D eigenvalue weighted by molar-refractivity contribution is 8.45. The second kappa shape index (κ2) is 9.54. The number of benzene rings is 2. The normalized spacial score (nSPS) is 16.2. The molecule has 1 aliphatic rings. The number of imidazole rings is 1. The van der Waals surface area contributed by atoms with E-state index in [0.717, 1.165) is 16.8 Å². The number of carbonyl (C=O) groups is 1. The summed E-state index contributed by atoms with van der Waals surface area (Å²) in [5.41, 5.74) is 3.49. The minimum absolute atomic E-state index is 0.0755. The van der Waals surface area contributed by atoms with E-state index >= 15 is 0 Å². The third-order valence-electron chi connectivity index (χ3n) is 7.47. The first-order chi connectivity index (χ1) is 20.1. The number of pyridine rings is 1. The van der Waals surface area contributed by atoms with Crippen molar-refractivity contribution >= 4 is 33.2 Å². The van der Waals surface area contributed by atoms with Crippen LogP contribution in [0.5, 0.6) is 0 Å². The lowest BCUT2D eigenvalue weighted by atomic mass is 10.1. The molecule has 1 fully saturated rings. The summed E-state index contributed by atoms with van der Waals surface area (Å²) >= 11 is 0. The van der Waals surface area contributed by atoms with Crippen LogP contribution >= 0.6 is 10.2 Å². The third kappa shape index (κ3) is 5.92. The molecule has 1 aliphatic heterocycles. The molecule has 3 aromatic heterocycles. The number of halogens is 5. The molecule has 5 aromatic rings. The molecule has 4 heterocycles. The summed E-state index contributed by atoms with van der Waals surface area (Å²) < 4.78 is 73.3. The summed E-state index contributed by atoms with van der Waals surface area (Å²) in [7, 11) is -8.21. The first-order valence-corrected chi connectivity index (χ1v) is 15.3. The number of fused-ring (bicyclic) bond motifs is 1. The van der Waals surface area contributed by atoms with Crippen molar-refractivity contribution in [2.45, 2.75) is 11.8 Å². The Morgan fingerprint density at radius 1 is 0.930 bits per heavy atom. The zero-order chi connectivity index (χ0) is 30.6. The molecule has 2 aromatic carbocycles. The number of nitrogens with one attached hydrogen (secondary N) is 1. The number of anilines is 2. The number of hydrogen-bond acceptors (Lipinski definition) is 5. The average molecular weight is 618 g/mol. The largest absolute Gasteiger partial charge is 0.369 e. The summed E-state index contributed by atoms with van der Waals surface area (Å²) in [5.74, 6) is -0.935. The van der Waals surface area contributed by atoms with Gasteiger partial charge in [0.1, 0.15) is 10.5 Å². The zero-order valence-electron chi connectivity index (χ0n) is 23.2. The zero-order valence-corrected chi connectivity index (χ0v) is 24.0. The summed E-state index contributed by atoms with van der Waals surface area (Å²) in [4.78, 5) is 18.9. The first kappa shape index (κ1) is 28.7. The van der Waals surface area contributed by atoms with E-state index in [9.17, 15) is 24.2 Å². The lowest BCUT2D eigenvalue weighted by molar-refractivity contribution is 0.102. The molecule has 0 unspecified atom stereocenters. The lowest BCUT2D eigenvalue weighted by Gasteiger charge is -2.42. The van der Waals surface area contributed by atoms with Gasteiger partial charge in [0.15, 0.2) is 0 Å². The van der Waals surface area contributed by atoms with E-state index in [4.69, 9.17) is 0 Å². The first-order valence-electron chi connectivity index (χ1n) is 13.4. The molecule has 226 valence electrons. The maximum Gasteiger partial charge on any atom is 0.310 e. The van der Waals surface area contributed by atoms with Gasteiger partial charge in [0, 0.05) is 79.5 Å². The van der Waals surface area contributed by atoms with E-state index in [-0.39, 0.29) is 17.4 Å². The molecule has 1 amide bonds. The Hall–Kier alpha value is -4.43. The number of rotatable bonds is 6. The van der Waals surface area contributed by atoms with Crippen LogP contribution in [0.15, 0.2) is 84.3 Å². The minimum atomic E-state index is -10.1. The molecule has 43 heavy (non-hydrogen) atoms. The number of aromatic nitrogens is 4. The quantitative estimate of drug-likeness (QED) is 0.205. The van der Waals surface area contributed by atoms with Gasteiger partial charge >= 0.3 is 10.2 Å². The van der Waals surface area contributed by atoms with Crippen LogP contribution in [-0.4, -0.2) is 63.2 Å². The van der Waals surface area contributed by atoms with Gasteiger partial charge in [-0.15, -0.1) is 0 Å². The van der Waals surface area contributed by atoms with Crippen molar-refractivity contribution in [1.82, 2.24) is 24.1 Å². The van der Waals surface area contributed by atoms with Crippen LogP contribution in [0.1, 0.15) is 15.9 Å². The Morgan fingerprint density at radius 3 is 2.40 bits per heavy atom. The topological polar surface area (TPSA) is 70.7 Å². The van der Waals surface area contributed by atoms with Crippen LogP contribution in [0.3, 0.4) is 0 Å². The molecule has 6 rings (SSSR count). The lowest BCUT2D eigenvalue weighted by Crippen LogP contribution is -2.44. The van der Waals surface area contributed by atoms with Gasteiger partial charge in [-0.25, -0.2) is 4.52 Å². The van der Waals surface area contributed by atoms with Crippen LogP contribution in [0.25, 0.3) is 22.6 Å². The van der Waals surface area contributed by atoms with Crippen LogP contribution in [-0.2, 0) is 0 Å². The molecule has 0 radical (unpaired) electrons. The predicted molar refractivity (Wildman–Crippen MR) is 158 cm³/mol. The summed E-state index contributed by atoms with van der Waals surface area (Å²) in [6.45, 7) is 3.64. The second-order valence-electron chi connectivity index (χ2n) is 10.7. The van der Waals surface area contributed by atoms with Gasteiger partial charge in [0.25, 0.3) is 5.91 Å². The monoisotopic (exact) mass is 617 g/mol. The smallest absolute Gasteiger partial charge is 0.310 e. The second-order valence-corrected chi connectivity index (χ2v) is 13.1. The maximum atomic E-state index is 13.9. The van der Waals surface area contributed by atoms with Crippen molar-refractivity contribution in [2.24, 2.45) is 0 Å². The Kier molecular flexibility index (Phi) is 6.36. The van der Waals surface area contributed by atoms with Crippen molar-refractivity contribution in [3.05, 3.63) is 90.5 Å². The standard InChI is InChI=1S/C29H28F5N7OS/c1-20-5-6-23(16-27(20)40-12-13-41-28(40)18-26(37-41)21-4-3-7-35-19-21)36-29(42)22-14-24(39-10-8-38(2)9-11-39)17-25(15-22)43(30,31,32,33)34/h3-7,12-19H,8-11H2,1-2H3,(H,36,42). The Balaban J connectivity index is 1.33. The van der Waals surface area contributed by atoms with E-state index in [1.807, 2.05) is 41.6 Å².